The largest absolute Gasteiger partial charge is 0.423 e. The van der Waals surface area contributed by atoms with E-state index in [9.17, 15) is 14.4 Å². The van der Waals surface area contributed by atoms with Crippen molar-refractivity contribution in [3.05, 3.63) is 58.6 Å². The molecule has 1 fully saturated rings. The van der Waals surface area contributed by atoms with Crippen molar-refractivity contribution >= 4 is 35.1 Å². The highest BCUT2D eigenvalue weighted by Crippen LogP contribution is 2.47. The van der Waals surface area contributed by atoms with Crippen LogP contribution in [0.4, 0.5) is 5.69 Å². The molecule has 178 valence electrons. The fourth-order valence-electron chi connectivity index (χ4n) is 4.79. The van der Waals surface area contributed by atoms with Crippen LogP contribution in [0.25, 0.3) is 0 Å². The number of carbonyl (C=O) groups is 3. The molecule has 2 aromatic rings. The van der Waals surface area contributed by atoms with E-state index in [0.29, 0.717) is 12.0 Å². The summed E-state index contributed by atoms with van der Waals surface area (Å²) in [6, 6.07) is 12.6. The highest BCUT2D eigenvalue weighted by Gasteiger charge is 2.58. The molecule has 0 N–H and O–H groups in total. The molecule has 0 spiro atoms. The van der Waals surface area contributed by atoms with E-state index < -0.39 is 17.8 Å². The third-order valence-corrected chi connectivity index (χ3v) is 6.72. The number of nitrogens with zero attached hydrogens (tertiary/aromatic N) is 3. The molecule has 1 atom stereocenters. The third-order valence-electron chi connectivity index (χ3n) is 6.47. The van der Waals surface area contributed by atoms with Crippen molar-refractivity contribution in [1.82, 2.24) is 9.80 Å². The molecule has 1 unspecified atom stereocenters. The van der Waals surface area contributed by atoms with Crippen LogP contribution in [-0.4, -0.2) is 74.0 Å². The van der Waals surface area contributed by atoms with E-state index in [1.807, 2.05) is 24.3 Å². The fraction of sp³-hybridized carbons (Fsp3) is 0.375. The average molecular weight is 486 g/mol. The molecule has 0 radical (unpaired) electrons. The zero-order valence-corrected chi connectivity index (χ0v) is 19.4. The van der Waals surface area contributed by atoms with Gasteiger partial charge in [-0.1, -0.05) is 17.7 Å². The molecular formula is C24H24ClN3O6. The first kappa shape index (κ1) is 22.6. The Balaban J connectivity index is 1.25. The quantitative estimate of drug-likeness (QED) is 0.349. The molecule has 9 nitrogen and oxygen atoms in total. The van der Waals surface area contributed by atoms with Gasteiger partial charge in [-0.15, -0.1) is 0 Å². The third kappa shape index (κ3) is 3.79. The van der Waals surface area contributed by atoms with Gasteiger partial charge < -0.3 is 19.1 Å². The number of halogens is 1. The van der Waals surface area contributed by atoms with E-state index in [2.05, 4.69) is 9.80 Å². The first-order valence-corrected chi connectivity index (χ1v) is 11.5. The number of rotatable bonds is 6. The molecule has 34 heavy (non-hydrogen) atoms. The number of amides is 1. The number of ether oxygens (including phenoxy) is 3. The number of methoxy groups -OCH3 is 1. The van der Waals surface area contributed by atoms with Crippen molar-refractivity contribution in [3.8, 4) is 5.75 Å². The van der Waals surface area contributed by atoms with Crippen LogP contribution in [0, 0.1) is 0 Å². The summed E-state index contributed by atoms with van der Waals surface area (Å²) < 4.78 is 16.2. The van der Waals surface area contributed by atoms with Gasteiger partial charge in [0, 0.05) is 50.5 Å². The standard InChI is InChI=1S/C24H24ClN3O6/c1-32-24-20-18(4-2-5-19(20)33-22(30)23(31)34-24)21(29)28(24)11-3-10-26-12-14-27(15-13-26)17-8-6-16(25)7-9-17/h2,4-9H,3,10-15H2,1H3. The SMILES string of the molecule is COC12OC(=O)C(=O)Oc3cccc(c31)C(=O)N2CCCN1CCN(c2ccc(Cl)cc2)CC1. The van der Waals surface area contributed by atoms with Gasteiger partial charge in [-0.05, 0) is 49.4 Å². The van der Waals surface area contributed by atoms with Crippen LogP contribution < -0.4 is 9.64 Å². The Morgan fingerprint density at radius 1 is 0.971 bits per heavy atom. The van der Waals surface area contributed by atoms with Gasteiger partial charge >= 0.3 is 17.8 Å². The number of anilines is 1. The Bertz CT molecular complexity index is 1130. The van der Waals surface area contributed by atoms with E-state index in [1.54, 1.807) is 12.1 Å². The topological polar surface area (TPSA) is 88.6 Å². The van der Waals surface area contributed by atoms with Crippen molar-refractivity contribution in [2.24, 2.45) is 0 Å². The van der Waals surface area contributed by atoms with Crippen LogP contribution in [-0.2, 0) is 25.0 Å². The molecule has 10 heteroatoms. The van der Waals surface area contributed by atoms with Crippen LogP contribution in [0.5, 0.6) is 5.75 Å². The number of benzene rings is 2. The van der Waals surface area contributed by atoms with Gasteiger partial charge in [-0.25, -0.2) is 9.59 Å². The zero-order valence-electron chi connectivity index (χ0n) is 18.7. The summed E-state index contributed by atoms with van der Waals surface area (Å²) in [5.74, 6) is -4.42. The molecule has 1 amide bonds. The van der Waals surface area contributed by atoms with Crippen LogP contribution in [0.1, 0.15) is 22.3 Å². The van der Waals surface area contributed by atoms with E-state index >= 15 is 0 Å². The maximum absolute atomic E-state index is 13.2. The zero-order chi connectivity index (χ0) is 23.9. The predicted molar refractivity (Wildman–Crippen MR) is 123 cm³/mol. The molecule has 5 rings (SSSR count). The minimum Gasteiger partial charge on any atom is -0.417 e. The lowest BCUT2D eigenvalue weighted by Gasteiger charge is -2.37. The summed E-state index contributed by atoms with van der Waals surface area (Å²) in [4.78, 5) is 43.5. The minimum atomic E-state index is -1.82. The minimum absolute atomic E-state index is 0.0874. The van der Waals surface area contributed by atoms with E-state index in [0.717, 1.165) is 43.4 Å². The maximum atomic E-state index is 13.2. The smallest absolute Gasteiger partial charge is 0.417 e. The molecule has 3 heterocycles. The number of carbonyl (C=O) groups excluding carboxylic acids is 3. The summed E-state index contributed by atoms with van der Waals surface area (Å²) in [5, 5.41) is 0.720. The first-order chi connectivity index (χ1) is 16.4. The van der Waals surface area contributed by atoms with Gasteiger partial charge in [-0.3, -0.25) is 14.6 Å². The maximum Gasteiger partial charge on any atom is 0.423 e. The lowest BCUT2D eigenvalue weighted by Crippen LogP contribution is -2.50. The molecule has 0 bridgehead atoms. The molecule has 1 saturated heterocycles. The summed E-state index contributed by atoms with van der Waals surface area (Å²) in [5.41, 5.74) is 1.69. The van der Waals surface area contributed by atoms with Gasteiger partial charge in [0.1, 0.15) is 11.3 Å². The summed E-state index contributed by atoms with van der Waals surface area (Å²) in [7, 11) is 1.34. The Labute approximate surface area is 201 Å². The normalized spacial score (nSPS) is 22.4. The number of esters is 2. The number of piperazine rings is 1. The van der Waals surface area contributed by atoms with Crippen LogP contribution in [0.2, 0.25) is 5.02 Å². The van der Waals surface area contributed by atoms with Crippen molar-refractivity contribution in [2.75, 3.05) is 51.3 Å². The van der Waals surface area contributed by atoms with Crippen molar-refractivity contribution in [2.45, 2.75) is 12.3 Å². The lowest BCUT2D eigenvalue weighted by atomic mass is 10.1. The molecule has 0 aromatic heterocycles. The van der Waals surface area contributed by atoms with Crippen LogP contribution >= 0.6 is 11.6 Å². The van der Waals surface area contributed by atoms with Crippen molar-refractivity contribution in [1.29, 1.82) is 0 Å². The molecular weight excluding hydrogens is 462 g/mol. The predicted octanol–water partition coefficient (Wildman–Crippen LogP) is 2.23. The summed E-state index contributed by atoms with van der Waals surface area (Å²) in [6.45, 7) is 4.57. The fourth-order valence-corrected chi connectivity index (χ4v) is 4.91. The average Bonchev–Trinajstić information content (AvgIpc) is 3.01. The second-order valence-corrected chi connectivity index (χ2v) is 8.80. The van der Waals surface area contributed by atoms with Gasteiger partial charge in [0.05, 0.1) is 5.56 Å². The number of hydrogen-bond donors (Lipinski definition) is 0. The lowest BCUT2D eigenvalue weighted by molar-refractivity contribution is -0.279. The number of hydrogen-bond acceptors (Lipinski definition) is 8. The van der Waals surface area contributed by atoms with Crippen LogP contribution in [0.15, 0.2) is 42.5 Å². The highest BCUT2D eigenvalue weighted by atomic mass is 35.5. The van der Waals surface area contributed by atoms with Gasteiger partial charge in [0.2, 0.25) is 0 Å². The van der Waals surface area contributed by atoms with E-state index in [4.69, 9.17) is 25.8 Å². The second-order valence-electron chi connectivity index (χ2n) is 8.36. The van der Waals surface area contributed by atoms with Crippen molar-refractivity contribution in [3.63, 3.8) is 0 Å². The highest BCUT2D eigenvalue weighted by molar-refractivity contribution is 6.31. The van der Waals surface area contributed by atoms with Crippen LogP contribution in [0.3, 0.4) is 0 Å². The Kier molecular flexibility index (Phi) is 5.93. The first-order valence-electron chi connectivity index (χ1n) is 11.1. The molecule has 3 aliphatic heterocycles. The van der Waals surface area contributed by atoms with Gasteiger partial charge in [0.15, 0.2) is 0 Å². The van der Waals surface area contributed by atoms with Gasteiger partial charge in [0.25, 0.3) is 5.91 Å². The molecule has 0 saturated carbocycles. The summed E-state index contributed by atoms with van der Waals surface area (Å²) >= 11 is 5.99. The Morgan fingerprint density at radius 2 is 1.71 bits per heavy atom. The monoisotopic (exact) mass is 485 g/mol. The van der Waals surface area contributed by atoms with Gasteiger partial charge in [-0.2, -0.15) is 0 Å². The van der Waals surface area contributed by atoms with Crippen molar-refractivity contribution < 1.29 is 28.6 Å². The molecule has 0 aliphatic carbocycles. The van der Waals surface area contributed by atoms with E-state index in [1.165, 1.54) is 18.1 Å². The molecule has 3 aliphatic rings. The summed E-state index contributed by atoms with van der Waals surface area (Å²) in [6.07, 6.45) is 0.632. The Morgan fingerprint density at radius 3 is 2.41 bits per heavy atom. The molecule has 2 aromatic carbocycles. The van der Waals surface area contributed by atoms with E-state index in [-0.39, 0.29) is 23.8 Å². The Hall–Kier alpha value is -3.14. The second kappa shape index (κ2) is 8.90.